The van der Waals surface area contributed by atoms with Crippen LogP contribution in [-0.2, 0) is 18.0 Å². The quantitative estimate of drug-likeness (QED) is 0.505. The van der Waals surface area contributed by atoms with Crippen LogP contribution >= 0.6 is 0 Å². The molecule has 3 rings (SSSR count). The molecule has 0 saturated heterocycles. The molecule has 1 aromatic carbocycles. The second-order valence-electron chi connectivity index (χ2n) is 5.50. The van der Waals surface area contributed by atoms with Gasteiger partial charge >= 0.3 is 6.18 Å². The fraction of sp³-hybridized carbons (Fsp3) is 0.118. The van der Waals surface area contributed by atoms with Crippen molar-refractivity contribution < 1.29 is 26.7 Å². The smallest absolute Gasteiger partial charge is 0.280 e. The summed E-state index contributed by atoms with van der Waals surface area (Å²) in [4.78, 5) is 15.8. The van der Waals surface area contributed by atoms with Gasteiger partial charge in [-0.1, -0.05) is 0 Å². The van der Waals surface area contributed by atoms with Crippen molar-refractivity contribution in [3.8, 4) is 11.3 Å². The molecule has 0 aliphatic carbocycles. The molecule has 2 heterocycles. The van der Waals surface area contributed by atoms with Gasteiger partial charge in [0.15, 0.2) is 11.5 Å². The van der Waals surface area contributed by atoms with Crippen molar-refractivity contribution in [3.05, 3.63) is 60.1 Å². The highest BCUT2D eigenvalue weighted by atomic mass is 19.4. The Labute approximate surface area is 149 Å². The first-order valence-electron chi connectivity index (χ1n) is 7.47. The highest BCUT2D eigenvalue weighted by Crippen LogP contribution is 2.34. The number of benzene rings is 1. The summed E-state index contributed by atoms with van der Waals surface area (Å²) in [6, 6.07) is 5.35. The van der Waals surface area contributed by atoms with E-state index in [9.17, 15) is 26.7 Å². The summed E-state index contributed by atoms with van der Waals surface area (Å²) in [6.07, 6.45) is -2.23. The molecule has 3 aromatic rings. The molecule has 0 aliphatic heterocycles. The standard InChI is InChI=1S/C17H11F5N4O/c1-25-15(7-16(24-25)17(20,21)22)11-3-2-10(6-12(11)18)26(9-27)14-4-5-23-8-13(14)19/h2-9H,1H3. The monoisotopic (exact) mass is 382 g/mol. The lowest BCUT2D eigenvalue weighted by Gasteiger charge is -2.18. The number of halogens is 5. The highest BCUT2D eigenvalue weighted by molar-refractivity contribution is 5.87. The van der Waals surface area contributed by atoms with Gasteiger partial charge in [0, 0.05) is 18.8 Å². The van der Waals surface area contributed by atoms with Crippen molar-refractivity contribution in [3.63, 3.8) is 0 Å². The third kappa shape index (κ3) is 3.50. The minimum Gasteiger partial charge on any atom is -0.280 e. The van der Waals surface area contributed by atoms with Crippen LogP contribution in [0.2, 0.25) is 0 Å². The van der Waals surface area contributed by atoms with Gasteiger partial charge in [-0.2, -0.15) is 18.3 Å². The van der Waals surface area contributed by atoms with Crippen LogP contribution < -0.4 is 4.90 Å². The molecule has 0 fully saturated rings. The first kappa shape index (κ1) is 18.5. The second-order valence-corrected chi connectivity index (χ2v) is 5.50. The van der Waals surface area contributed by atoms with E-state index in [1.165, 1.54) is 31.4 Å². The number of rotatable bonds is 4. The Morgan fingerprint density at radius 2 is 1.85 bits per heavy atom. The number of anilines is 2. The van der Waals surface area contributed by atoms with Gasteiger partial charge in [0.1, 0.15) is 5.82 Å². The number of pyridine rings is 1. The van der Waals surface area contributed by atoms with E-state index in [1.54, 1.807) is 0 Å². The van der Waals surface area contributed by atoms with Gasteiger partial charge < -0.3 is 0 Å². The summed E-state index contributed by atoms with van der Waals surface area (Å²) in [5, 5.41) is 3.33. The molecule has 10 heteroatoms. The summed E-state index contributed by atoms with van der Waals surface area (Å²) in [6.45, 7) is 0. The topological polar surface area (TPSA) is 51.0 Å². The normalized spacial score (nSPS) is 11.5. The summed E-state index contributed by atoms with van der Waals surface area (Å²) in [5.74, 6) is -1.69. The summed E-state index contributed by atoms with van der Waals surface area (Å²) in [5.41, 5.74) is -1.55. The van der Waals surface area contributed by atoms with E-state index in [1.807, 2.05) is 0 Å². The van der Waals surface area contributed by atoms with Crippen LogP contribution in [0.25, 0.3) is 11.3 Å². The number of amides is 1. The predicted octanol–water partition coefficient (Wildman–Crippen LogP) is 4.07. The van der Waals surface area contributed by atoms with Gasteiger partial charge in [0.2, 0.25) is 6.41 Å². The molecule has 0 spiro atoms. The van der Waals surface area contributed by atoms with E-state index < -0.39 is 23.5 Å². The Balaban J connectivity index is 2.03. The van der Waals surface area contributed by atoms with Crippen molar-refractivity contribution in [2.24, 2.45) is 7.05 Å². The summed E-state index contributed by atoms with van der Waals surface area (Å²) >= 11 is 0. The molecule has 140 valence electrons. The molecular formula is C17H11F5N4O. The molecule has 2 aromatic heterocycles. The van der Waals surface area contributed by atoms with Gasteiger partial charge in [0.25, 0.3) is 0 Å². The maximum Gasteiger partial charge on any atom is 0.435 e. The molecule has 0 N–H and O–H groups in total. The molecule has 5 nitrogen and oxygen atoms in total. The Kier molecular flexibility index (Phi) is 4.64. The molecule has 0 saturated carbocycles. The lowest BCUT2D eigenvalue weighted by Crippen LogP contribution is -2.16. The van der Waals surface area contributed by atoms with E-state index in [0.29, 0.717) is 6.41 Å². The zero-order valence-electron chi connectivity index (χ0n) is 13.7. The zero-order valence-corrected chi connectivity index (χ0v) is 13.7. The minimum absolute atomic E-state index is 0.00503. The minimum atomic E-state index is -4.67. The lowest BCUT2D eigenvalue weighted by molar-refractivity contribution is -0.141. The first-order chi connectivity index (χ1) is 12.7. The van der Waals surface area contributed by atoms with Gasteiger partial charge in [-0.05, 0) is 30.3 Å². The largest absolute Gasteiger partial charge is 0.435 e. The molecule has 0 radical (unpaired) electrons. The lowest BCUT2D eigenvalue weighted by atomic mass is 10.1. The van der Waals surface area contributed by atoms with Crippen molar-refractivity contribution in [1.29, 1.82) is 0 Å². The Morgan fingerprint density at radius 3 is 2.41 bits per heavy atom. The summed E-state index contributed by atoms with van der Waals surface area (Å²) < 4.78 is 67.7. The van der Waals surface area contributed by atoms with Crippen molar-refractivity contribution in [2.75, 3.05) is 4.90 Å². The molecule has 0 unspecified atom stereocenters. The molecule has 0 aliphatic rings. The number of nitrogens with zero attached hydrogens (tertiary/aromatic N) is 4. The maximum absolute atomic E-state index is 14.6. The Hall–Kier alpha value is -3.30. The number of carbonyl (C=O) groups excluding carboxylic acids is 1. The maximum atomic E-state index is 14.6. The van der Waals surface area contributed by atoms with Crippen LogP contribution in [0.1, 0.15) is 5.69 Å². The molecule has 1 amide bonds. The summed E-state index contributed by atoms with van der Waals surface area (Å²) in [7, 11) is 1.25. The van der Waals surface area contributed by atoms with Gasteiger partial charge in [-0.3, -0.25) is 19.4 Å². The van der Waals surface area contributed by atoms with Crippen molar-refractivity contribution in [2.45, 2.75) is 6.18 Å². The molecular weight excluding hydrogens is 371 g/mol. The number of hydrogen-bond acceptors (Lipinski definition) is 3. The SMILES string of the molecule is Cn1nc(C(F)(F)F)cc1-c1ccc(N(C=O)c2ccncc2F)cc1F. The van der Waals surface area contributed by atoms with Gasteiger partial charge in [-0.25, -0.2) is 8.78 Å². The second kappa shape index (κ2) is 6.78. The van der Waals surface area contributed by atoms with Gasteiger partial charge in [-0.15, -0.1) is 0 Å². The average molecular weight is 382 g/mol. The molecule has 27 heavy (non-hydrogen) atoms. The van der Waals surface area contributed by atoms with E-state index in [4.69, 9.17) is 0 Å². The number of carbonyl (C=O) groups is 1. The third-order valence-electron chi connectivity index (χ3n) is 3.79. The average Bonchev–Trinajstić information content (AvgIpc) is 2.99. The van der Waals surface area contributed by atoms with Crippen LogP contribution in [-0.4, -0.2) is 21.2 Å². The Morgan fingerprint density at radius 1 is 1.11 bits per heavy atom. The first-order valence-corrected chi connectivity index (χ1v) is 7.47. The van der Waals surface area contributed by atoms with Crippen LogP contribution in [0.4, 0.5) is 33.3 Å². The van der Waals surface area contributed by atoms with Gasteiger partial charge in [0.05, 0.1) is 23.3 Å². The van der Waals surface area contributed by atoms with E-state index >= 15 is 0 Å². The van der Waals surface area contributed by atoms with Crippen molar-refractivity contribution >= 4 is 17.8 Å². The predicted molar refractivity (Wildman–Crippen MR) is 86.0 cm³/mol. The van der Waals surface area contributed by atoms with Crippen LogP contribution in [0.15, 0.2) is 42.7 Å². The van der Waals surface area contributed by atoms with E-state index in [0.717, 1.165) is 27.9 Å². The fourth-order valence-corrected chi connectivity index (χ4v) is 2.54. The molecule has 0 atom stereocenters. The number of aryl methyl sites for hydroxylation is 1. The van der Waals surface area contributed by atoms with Crippen molar-refractivity contribution in [1.82, 2.24) is 14.8 Å². The number of aromatic nitrogens is 3. The fourth-order valence-electron chi connectivity index (χ4n) is 2.54. The van der Waals surface area contributed by atoms with E-state index in [2.05, 4.69) is 10.1 Å². The van der Waals surface area contributed by atoms with Crippen LogP contribution in [0.5, 0.6) is 0 Å². The highest BCUT2D eigenvalue weighted by Gasteiger charge is 2.35. The van der Waals surface area contributed by atoms with Crippen LogP contribution in [0, 0.1) is 11.6 Å². The zero-order chi connectivity index (χ0) is 19.8. The number of hydrogen-bond donors (Lipinski definition) is 0. The Bertz CT molecular complexity index is 999. The molecule has 0 bridgehead atoms. The third-order valence-corrected chi connectivity index (χ3v) is 3.79. The van der Waals surface area contributed by atoms with E-state index in [-0.39, 0.29) is 22.6 Å². The van der Waals surface area contributed by atoms with Crippen LogP contribution in [0.3, 0.4) is 0 Å². The number of alkyl halides is 3.